The average Bonchev–Trinajstić information content (AvgIpc) is 2.42. The van der Waals surface area contributed by atoms with Gasteiger partial charge in [0.05, 0.1) is 0 Å². The first kappa shape index (κ1) is 14.1. The van der Waals surface area contributed by atoms with Crippen molar-refractivity contribution < 1.29 is 0 Å². The molecule has 0 unspecified atom stereocenters. The molecule has 0 aliphatic carbocycles. The molecular weight excluding hydrogens is 246 g/mol. The molecule has 2 fully saturated rings. The molecule has 3 heteroatoms. The summed E-state index contributed by atoms with van der Waals surface area (Å²) in [6.45, 7) is 10.3. The van der Waals surface area contributed by atoms with Crippen molar-refractivity contribution in [3.63, 3.8) is 0 Å². The fourth-order valence-corrected chi connectivity index (χ4v) is 3.70. The molecule has 2 saturated heterocycles. The Labute approximate surface area is 122 Å². The van der Waals surface area contributed by atoms with E-state index >= 15 is 0 Å². The van der Waals surface area contributed by atoms with E-state index in [1.165, 1.54) is 31.5 Å². The van der Waals surface area contributed by atoms with Crippen LogP contribution in [-0.2, 0) is 6.54 Å². The maximum Gasteiger partial charge on any atom is 0.0335 e. The summed E-state index contributed by atoms with van der Waals surface area (Å²) in [6, 6.07) is 10.8. The standard InChI is InChI=1S/C17H27N3/c1-16(2)13-18-14-17(19-16)8-10-20(11-9-17)12-15-6-4-3-5-7-15/h3-7,18-19H,8-14H2,1-2H3. The van der Waals surface area contributed by atoms with E-state index in [-0.39, 0.29) is 5.54 Å². The summed E-state index contributed by atoms with van der Waals surface area (Å²) in [6.07, 6.45) is 2.49. The lowest BCUT2D eigenvalue weighted by Crippen LogP contribution is -2.70. The summed E-state index contributed by atoms with van der Waals surface area (Å²) in [5.74, 6) is 0. The van der Waals surface area contributed by atoms with Crippen molar-refractivity contribution in [3.05, 3.63) is 35.9 Å². The Morgan fingerprint density at radius 1 is 1.05 bits per heavy atom. The fraction of sp³-hybridized carbons (Fsp3) is 0.647. The fourth-order valence-electron chi connectivity index (χ4n) is 3.70. The van der Waals surface area contributed by atoms with E-state index in [1.807, 2.05) is 0 Å². The molecule has 2 aliphatic heterocycles. The summed E-state index contributed by atoms with van der Waals surface area (Å²) < 4.78 is 0. The number of hydrogen-bond donors (Lipinski definition) is 2. The van der Waals surface area contributed by atoms with Crippen LogP contribution in [-0.4, -0.2) is 42.2 Å². The second-order valence-electron chi connectivity index (χ2n) is 7.15. The first-order valence-corrected chi connectivity index (χ1v) is 7.83. The number of nitrogens with zero attached hydrogens (tertiary/aromatic N) is 1. The second-order valence-corrected chi connectivity index (χ2v) is 7.15. The Morgan fingerprint density at radius 3 is 2.40 bits per heavy atom. The van der Waals surface area contributed by atoms with Gasteiger partial charge in [0, 0.05) is 43.8 Å². The first-order chi connectivity index (χ1) is 9.57. The minimum atomic E-state index is 0.222. The molecule has 1 aromatic rings. The van der Waals surface area contributed by atoms with Crippen molar-refractivity contribution in [2.45, 2.75) is 44.3 Å². The third-order valence-electron chi connectivity index (χ3n) is 4.70. The lowest BCUT2D eigenvalue weighted by atomic mass is 9.82. The topological polar surface area (TPSA) is 27.3 Å². The molecule has 0 saturated carbocycles. The zero-order valence-electron chi connectivity index (χ0n) is 12.8. The second kappa shape index (κ2) is 5.47. The van der Waals surface area contributed by atoms with Crippen LogP contribution < -0.4 is 10.6 Å². The number of rotatable bonds is 2. The molecule has 20 heavy (non-hydrogen) atoms. The highest BCUT2D eigenvalue weighted by atomic mass is 15.2. The number of benzene rings is 1. The van der Waals surface area contributed by atoms with Crippen molar-refractivity contribution in [2.75, 3.05) is 26.2 Å². The van der Waals surface area contributed by atoms with Gasteiger partial charge in [-0.25, -0.2) is 0 Å². The number of piperazine rings is 1. The molecule has 0 bridgehead atoms. The molecule has 3 rings (SSSR count). The monoisotopic (exact) mass is 273 g/mol. The van der Waals surface area contributed by atoms with E-state index in [2.05, 4.69) is 59.7 Å². The molecule has 3 nitrogen and oxygen atoms in total. The van der Waals surface area contributed by atoms with Crippen LogP contribution in [0.1, 0.15) is 32.3 Å². The highest BCUT2D eigenvalue weighted by Crippen LogP contribution is 2.27. The van der Waals surface area contributed by atoms with Crippen molar-refractivity contribution in [1.82, 2.24) is 15.5 Å². The smallest absolute Gasteiger partial charge is 0.0335 e. The summed E-state index contributed by atoms with van der Waals surface area (Å²) in [7, 11) is 0. The molecular formula is C17H27N3. The van der Waals surface area contributed by atoms with Crippen LogP contribution in [0.4, 0.5) is 0 Å². The van der Waals surface area contributed by atoms with Crippen LogP contribution in [0.5, 0.6) is 0 Å². The van der Waals surface area contributed by atoms with Crippen LogP contribution in [0.25, 0.3) is 0 Å². The largest absolute Gasteiger partial charge is 0.313 e. The van der Waals surface area contributed by atoms with E-state index < -0.39 is 0 Å². The van der Waals surface area contributed by atoms with Gasteiger partial charge in [0.25, 0.3) is 0 Å². The molecule has 110 valence electrons. The Balaban J connectivity index is 1.57. The van der Waals surface area contributed by atoms with Crippen molar-refractivity contribution in [3.8, 4) is 0 Å². The third-order valence-corrected chi connectivity index (χ3v) is 4.70. The number of hydrogen-bond acceptors (Lipinski definition) is 3. The van der Waals surface area contributed by atoms with E-state index in [4.69, 9.17) is 0 Å². The zero-order chi connectivity index (χ0) is 14.1. The molecule has 0 radical (unpaired) electrons. The maximum atomic E-state index is 3.90. The lowest BCUT2D eigenvalue weighted by molar-refractivity contribution is 0.0796. The van der Waals surface area contributed by atoms with Gasteiger partial charge in [0.2, 0.25) is 0 Å². The summed E-state index contributed by atoms with van der Waals surface area (Å²) in [5.41, 5.74) is 1.97. The highest BCUT2D eigenvalue weighted by molar-refractivity contribution is 5.15. The summed E-state index contributed by atoms with van der Waals surface area (Å²) in [5, 5.41) is 7.52. The maximum absolute atomic E-state index is 3.90. The number of likely N-dealkylation sites (tertiary alicyclic amines) is 1. The highest BCUT2D eigenvalue weighted by Gasteiger charge is 2.41. The van der Waals surface area contributed by atoms with Gasteiger partial charge in [0.1, 0.15) is 0 Å². The lowest BCUT2D eigenvalue weighted by Gasteiger charge is -2.50. The normalized spacial score (nSPS) is 25.7. The van der Waals surface area contributed by atoms with E-state index in [0.29, 0.717) is 5.54 Å². The molecule has 2 heterocycles. The Morgan fingerprint density at radius 2 is 1.75 bits per heavy atom. The zero-order valence-corrected chi connectivity index (χ0v) is 12.8. The third kappa shape index (κ3) is 3.22. The Bertz CT molecular complexity index is 433. The number of nitrogens with one attached hydrogen (secondary N) is 2. The van der Waals surface area contributed by atoms with E-state index in [1.54, 1.807) is 0 Å². The van der Waals surface area contributed by atoms with Gasteiger partial charge in [-0.2, -0.15) is 0 Å². The van der Waals surface area contributed by atoms with Crippen LogP contribution in [0.3, 0.4) is 0 Å². The summed E-state index contributed by atoms with van der Waals surface area (Å²) >= 11 is 0. The molecule has 0 atom stereocenters. The van der Waals surface area contributed by atoms with Crippen molar-refractivity contribution >= 4 is 0 Å². The molecule has 0 amide bonds. The molecule has 1 aromatic carbocycles. The van der Waals surface area contributed by atoms with E-state index in [9.17, 15) is 0 Å². The minimum absolute atomic E-state index is 0.222. The summed E-state index contributed by atoms with van der Waals surface area (Å²) in [4.78, 5) is 2.59. The SMILES string of the molecule is CC1(C)CNCC2(CCN(Cc3ccccc3)CC2)N1. The predicted octanol–water partition coefficient (Wildman–Crippen LogP) is 1.99. The predicted molar refractivity (Wildman–Crippen MR) is 83.8 cm³/mol. The Hall–Kier alpha value is -0.900. The minimum Gasteiger partial charge on any atom is -0.313 e. The number of piperidine rings is 1. The van der Waals surface area contributed by atoms with Gasteiger partial charge in [-0.05, 0) is 32.3 Å². The average molecular weight is 273 g/mol. The van der Waals surface area contributed by atoms with Crippen LogP contribution >= 0.6 is 0 Å². The van der Waals surface area contributed by atoms with Crippen LogP contribution in [0, 0.1) is 0 Å². The van der Waals surface area contributed by atoms with Gasteiger partial charge in [-0.15, -0.1) is 0 Å². The molecule has 2 N–H and O–H groups in total. The Kier molecular flexibility index (Phi) is 3.85. The van der Waals surface area contributed by atoms with Crippen molar-refractivity contribution in [1.29, 1.82) is 0 Å². The van der Waals surface area contributed by atoms with Crippen molar-refractivity contribution in [2.24, 2.45) is 0 Å². The first-order valence-electron chi connectivity index (χ1n) is 7.83. The van der Waals surface area contributed by atoms with Crippen LogP contribution in [0.15, 0.2) is 30.3 Å². The van der Waals surface area contributed by atoms with E-state index in [0.717, 1.165) is 19.6 Å². The van der Waals surface area contributed by atoms with Gasteiger partial charge in [-0.1, -0.05) is 30.3 Å². The quantitative estimate of drug-likeness (QED) is 0.863. The van der Waals surface area contributed by atoms with Gasteiger partial charge in [-0.3, -0.25) is 4.90 Å². The molecule has 0 aromatic heterocycles. The van der Waals surface area contributed by atoms with Gasteiger partial charge >= 0.3 is 0 Å². The van der Waals surface area contributed by atoms with Gasteiger partial charge < -0.3 is 10.6 Å². The van der Waals surface area contributed by atoms with Gasteiger partial charge in [0.15, 0.2) is 0 Å². The van der Waals surface area contributed by atoms with Crippen LogP contribution in [0.2, 0.25) is 0 Å². The molecule has 2 aliphatic rings. The molecule has 1 spiro atoms.